The molecule has 0 heterocycles. The lowest BCUT2D eigenvalue weighted by Gasteiger charge is -2.27. The van der Waals surface area contributed by atoms with Crippen LogP contribution < -0.4 is 5.32 Å². The van der Waals surface area contributed by atoms with E-state index in [1.807, 2.05) is 33.3 Å². The van der Waals surface area contributed by atoms with Gasteiger partial charge in [-0.25, -0.2) is 4.57 Å². The number of unbranched alkanes of at least 4 members (excludes halogenated alkanes) is 28. The van der Waals surface area contributed by atoms with Crippen LogP contribution in [0, 0.1) is 0 Å². The molecule has 0 spiro atoms. The zero-order valence-electron chi connectivity index (χ0n) is 54.0. The molecule has 3 unspecified atom stereocenters. The van der Waals surface area contributed by atoms with E-state index >= 15 is 0 Å². The molecule has 0 aromatic rings. The molecule has 0 rings (SSSR count). The minimum absolute atomic E-state index is 0.0265. The number of carbonyl (C=O) groups excluding carboxylic acids is 2. The van der Waals surface area contributed by atoms with Gasteiger partial charge < -0.3 is 19.4 Å². The smallest absolute Gasteiger partial charge is 0.456 e. The molecule has 0 bridgehead atoms. The summed E-state index contributed by atoms with van der Waals surface area (Å²) >= 11 is 0. The number of hydrogen-bond acceptors (Lipinski definition) is 6. The Bertz CT molecular complexity index is 1770. The predicted molar refractivity (Wildman–Crippen MR) is 355 cm³/mol. The summed E-state index contributed by atoms with van der Waals surface area (Å²) in [5, 5.41) is 3.05. The summed E-state index contributed by atoms with van der Waals surface area (Å²) in [4.78, 5) is 37.8. The lowest BCUT2D eigenvalue weighted by molar-refractivity contribution is -0.870. The lowest BCUT2D eigenvalue weighted by Crippen LogP contribution is -2.47. The van der Waals surface area contributed by atoms with E-state index < -0.39 is 20.0 Å². The van der Waals surface area contributed by atoms with E-state index in [0.717, 1.165) is 89.9 Å². The van der Waals surface area contributed by atoms with Crippen molar-refractivity contribution in [3.8, 4) is 0 Å². The van der Waals surface area contributed by atoms with Crippen molar-refractivity contribution in [1.29, 1.82) is 0 Å². The zero-order valence-corrected chi connectivity index (χ0v) is 54.8. The maximum atomic E-state index is 13.6. The number of likely N-dealkylation sites (N-methyl/N-ethyl adjacent to an activating group) is 1. The van der Waals surface area contributed by atoms with Gasteiger partial charge in [-0.1, -0.05) is 265 Å². The highest BCUT2D eigenvalue weighted by Gasteiger charge is 2.30. The normalized spacial score (nSPS) is 14.3. The lowest BCUT2D eigenvalue weighted by atomic mass is 10.0. The Balaban J connectivity index is 5.16. The maximum absolute atomic E-state index is 13.6. The van der Waals surface area contributed by atoms with Crippen LogP contribution in [0.25, 0.3) is 0 Å². The number of carbonyl (C=O) groups is 2. The molecular weight excluding hydrogens is 1040 g/mol. The SMILES string of the molecule is CCCCC/C=C\C/C=C\C/C=C\C/C=C\CCCCCCCCCCCCCC(=O)NC(COP(=O)(O)OCC[N+](C)(C)C)C(/C=C\CCCCCCCCCCCC)OC(=O)CCC/C=C\C/C=C\C/C=C\C/C=C\CCCCC. The second-order valence-electron chi connectivity index (χ2n) is 23.6. The number of rotatable bonds is 60. The summed E-state index contributed by atoms with van der Waals surface area (Å²) < 4.78 is 30.7. The van der Waals surface area contributed by atoms with E-state index in [-0.39, 0.29) is 31.5 Å². The van der Waals surface area contributed by atoms with Gasteiger partial charge in [-0.3, -0.25) is 18.6 Å². The van der Waals surface area contributed by atoms with Crippen molar-refractivity contribution in [2.24, 2.45) is 0 Å². The van der Waals surface area contributed by atoms with E-state index in [9.17, 15) is 19.0 Å². The third kappa shape index (κ3) is 61.2. The first-order valence-electron chi connectivity index (χ1n) is 33.7. The molecule has 0 aliphatic carbocycles. The Hall–Kier alpha value is -3.33. The van der Waals surface area contributed by atoms with E-state index in [4.69, 9.17) is 13.8 Å². The van der Waals surface area contributed by atoms with Crippen LogP contribution in [0.2, 0.25) is 0 Å². The second-order valence-corrected chi connectivity index (χ2v) is 25.1. The summed E-state index contributed by atoms with van der Waals surface area (Å²) in [6, 6.07) is -0.879. The number of allylic oxidation sites excluding steroid dienone is 17. The summed E-state index contributed by atoms with van der Waals surface area (Å²) in [6.45, 7) is 6.92. The van der Waals surface area contributed by atoms with Crippen LogP contribution in [0.1, 0.15) is 284 Å². The molecule has 2 N–H and O–H groups in total. The minimum Gasteiger partial charge on any atom is -0.456 e. The number of ether oxygens (including phenoxy) is 1. The van der Waals surface area contributed by atoms with Crippen molar-refractivity contribution in [2.45, 2.75) is 296 Å². The van der Waals surface area contributed by atoms with Crippen LogP contribution in [0.3, 0.4) is 0 Å². The van der Waals surface area contributed by atoms with Crippen LogP contribution in [-0.2, 0) is 27.9 Å². The first-order chi connectivity index (χ1) is 39.9. The summed E-state index contributed by atoms with van der Waals surface area (Å²) in [5.41, 5.74) is 0. The van der Waals surface area contributed by atoms with Crippen LogP contribution >= 0.6 is 7.82 Å². The molecule has 0 radical (unpaired) electrons. The van der Waals surface area contributed by atoms with Crippen molar-refractivity contribution in [1.82, 2.24) is 5.32 Å². The highest BCUT2D eigenvalue weighted by atomic mass is 31.2. The third-order valence-electron chi connectivity index (χ3n) is 14.4. The fourth-order valence-corrected chi connectivity index (χ4v) is 9.95. The Morgan fingerprint density at radius 1 is 0.427 bits per heavy atom. The first-order valence-corrected chi connectivity index (χ1v) is 35.2. The molecule has 0 aromatic heterocycles. The number of phosphoric ester groups is 1. The predicted octanol–water partition coefficient (Wildman–Crippen LogP) is 21.3. The largest absolute Gasteiger partial charge is 0.472 e. The van der Waals surface area contributed by atoms with Crippen LogP contribution in [0.5, 0.6) is 0 Å². The highest BCUT2D eigenvalue weighted by molar-refractivity contribution is 7.47. The molecule has 9 nitrogen and oxygen atoms in total. The third-order valence-corrected chi connectivity index (χ3v) is 15.4. The molecule has 1 amide bonds. The van der Waals surface area contributed by atoms with E-state index in [0.29, 0.717) is 23.9 Å². The molecule has 0 saturated heterocycles. The molecule has 10 heteroatoms. The molecular formula is C72H128N2O7P+. The van der Waals surface area contributed by atoms with E-state index in [2.05, 4.69) is 123 Å². The number of phosphoric acid groups is 1. The van der Waals surface area contributed by atoms with Crippen LogP contribution in [-0.4, -0.2) is 74.3 Å². The van der Waals surface area contributed by atoms with Gasteiger partial charge in [-0.2, -0.15) is 0 Å². The second kappa shape index (κ2) is 60.8. The van der Waals surface area contributed by atoms with Gasteiger partial charge >= 0.3 is 13.8 Å². The Labute approximate surface area is 506 Å². The van der Waals surface area contributed by atoms with E-state index in [1.54, 1.807) is 0 Å². The molecule has 0 fully saturated rings. The number of quaternary nitrogens is 1. The average molecular weight is 1160 g/mol. The van der Waals surface area contributed by atoms with Gasteiger partial charge in [-0.15, -0.1) is 0 Å². The molecule has 0 saturated carbocycles. The summed E-state index contributed by atoms with van der Waals surface area (Å²) in [5.74, 6) is -0.576. The van der Waals surface area contributed by atoms with Crippen LogP contribution in [0.4, 0.5) is 0 Å². The number of hydrogen-bond donors (Lipinski definition) is 2. The maximum Gasteiger partial charge on any atom is 0.472 e. The van der Waals surface area contributed by atoms with Gasteiger partial charge in [-0.05, 0) is 115 Å². The zero-order chi connectivity index (χ0) is 60.0. The molecule has 0 aliphatic heterocycles. The number of nitrogens with one attached hydrogen (secondary N) is 1. The monoisotopic (exact) mass is 1160 g/mol. The van der Waals surface area contributed by atoms with Crippen molar-refractivity contribution in [3.63, 3.8) is 0 Å². The van der Waals surface area contributed by atoms with Gasteiger partial charge in [0.05, 0.1) is 33.8 Å². The Morgan fingerprint density at radius 2 is 0.756 bits per heavy atom. The molecule has 82 heavy (non-hydrogen) atoms. The molecule has 3 atom stereocenters. The number of amides is 1. The van der Waals surface area contributed by atoms with Crippen molar-refractivity contribution in [2.75, 3.05) is 40.9 Å². The standard InChI is InChI=1S/C72H127N2O7P/c1-7-10-13-16-19-22-25-28-30-32-33-34-35-36-37-38-39-40-41-43-44-46-49-52-55-58-61-64-71(75)73-69(68-80-82(77,78)79-67-66-74(4,5)6)70(63-60-57-54-51-48-27-24-21-18-15-12-9-3)81-72(76)65-62-59-56-53-50-47-45-42-31-29-26-23-20-17-14-11-8-2/h19-20,22-23,28-31,33-34,36-37,45,47,53,56,60,63,69-70H,7-18,21,24-27,32,35,38-44,46,48-52,54-55,57-59,61-62,64-68H2,1-6H3,(H-,73,75,77,78)/p+1/b22-19-,23-20-,30-28-,31-29-,34-33-,37-36-,47-45-,56-53-,63-60-. The number of nitrogens with zero attached hydrogens (tertiary/aromatic N) is 1. The fourth-order valence-electron chi connectivity index (χ4n) is 9.21. The first kappa shape index (κ1) is 78.7. The van der Waals surface area contributed by atoms with Gasteiger partial charge in [0.25, 0.3) is 0 Å². The van der Waals surface area contributed by atoms with Crippen molar-refractivity contribution < 1.29 is 37.3 Å². The van der Waals surface area contributed by atoms with Crippen LogP contribution in [0.15, 0.2) is 109 Å². The van der Waals surface area contributed by atoms with Crippen molar-refractivity contribution in [3.05, 3.63) is 109 Å². The van der Waals surface area contributed by atoms with Gasteiger partial charge in [0.2, 0.25) is 5.91 Å². The molecule has 0 aliphatic rings. The van der Waals surface area contributed by atoms with Gasteiger partial charge in [0, 0.05) is 12.8 Å². The van der Waals surface area contributed by atoms with E-state index in [1.165, 1.54) is 154 Å². The van der Waals surface area contributed by atoms with Gasteiger partial charge in [0.15, 0.2) is 0 Å². The minimum atomic E-state index is -4.47. The summed E-state index contributed by atoms with van der Waals surface area (Å²) in [6.07, 6.45) is 83.9. The Morgan fingerprint density at radius 3 is 1.16 bits per heavy atom. The van der Waals surface area contributed by atoms with Crippen molar-refractivity contribution >= 4 is 19.7 Å². The quantitative estimate of drug-likeness (QED) is 0.0205. The molecule has 472 valence electrons. The fraction of sp³-hybridized carbons (Fsp3) is 0.722. The summed E-state index contributed by atoms with van der Waals surface area (Å²) in [7, 11) is 1.46. The molecule has 0 aromatic carbocycles. The van der Waals surface area contributed by atoms with Gasteiger partial charge in [0.1, 0.15) is 19.3 Å². The topological polar surface area (TPSA) is 111 Å². The highest BCUT2D eigenvalue weighted by Crippen LogP contribution is 2.43. The Kier molecular flexibility index (Phi) is 58.3. The average Bonchev–Trinajstić information content (AvgIpc) is 3.47. The number of esters is 1.